The van der Waals surface area contributed by atoms with E-state index in [-0.39, 0.29) is 6.10 Å². The predicted octanol–water partition coefficient (Wildman–Crippen LogP) is 2.40. The maximum absolute atomic E-state index is 6.19. The van der Waals surface area contributed by atoms with Crippen molar-refractivity contribution in [2.45, 2.75) is 12.6 Å². The molecule has 2 aromatic rings. The molecular weight excluding hydrogens is 323 g/mol. The summed E-state index contributed by atoms with van der Waals surface area (Å²) in [6.07, 6.45) is 4.07. The summed E-state index contributed by atoms with van der Waals surface area (Å²) in [7, 11) is 4.13. The Morgan fingerprint density at radius 1 is 1.36 bits per heavy atom. The van der Waals surface area contributed by atoms with Gasteiger partial charge in [-0.1, -0.05) is 23.2 Å². The van der Waals surface area contributed by atoms with E-state index in [1.807, 2.05) is 16.8 Å². The second kappa shape index (κ2) is 6.72. The molecule has 3 heterocycles. The highest BCUT2D eigenvalue weighted by molar-refractivity contribution is 6.36. The molecule has 1 atom stereocenters. The van der Waals surface area contributed by atoms with Crippen molar-refractivity contribution in [3.63, 3.8) is 0 Å². The zero-order chi connectivity index (χ0) is 15.7. The second-order valence-corrected chi connectivity index (χ2v) is 6.80. The van der Waals surface area contributed by atoms with Gasteiger partial charge in [0.15, 0.2) is 5.65 Å². The zero-order valence-corrected chi connectivity index (χ0v) is 14.3. The minimum absolute atomic E-state index is 0.249. The third kappa shape index (κ3) is 3.73. The van der Waals surface area contributed by atoms with Gasteiger partial charge in [-0.25, -0.2) is 4.98 Å². The van der Waals surface area contributed by atoms with Crippen molar-refractivity contribution < 1.29 is 4.74 Å². The van der Waals surface area contributed by atoms with Crippen LogP contribution in [0.1, 0.15) is 5.69 Å². The highest BCUT2D eigenvalue weighted by Crippen LogP contribution is 2.22. The Morgan fingerprint density at radius 2 is 2.18 bits per heavy atom. The first-order valence-electron chi connectivity index (χ1n) is 7.32. The molecule has 0 bridgehead atoms. The van der Waals surface area contributed by atoms with Gasteiger partial charge in [0.25, 0.3) is 0 Å². The summed E-state index contributed by atoms with van der Waals surface area (Å²) < 4.78 is 7.69. The van der Waals surface area contributed by atoms with E-state index in [0.29, 0.717) is 10.0 Å². The smallest absolute Gasteiger partial charge is 0.156 e. The molecule has 1 unspecified atom stereocenters. The standard InChI is InChI=1S/C15H20Cl2N4O/c1-19(2)9-13-10-20(3-4-22-13)7-12-8-21-6-11(16)5-14(17)15(21)18-12/h5-6,8,13H,3-4,7,9-10H2,1-2H3. The lowest BCUT2D eigenvalue weighted by molar-refractivity contribution is -0.0409. The second-order valence-electron chi connectivity index (χ2n) is 5.96. The van der Waals surface area contributed by atoms with E-state index >= 15 is 0 Å². The van der Waals surface area contributed by atoms with Crippen LogP contribution in [0.25, 0.3) is 5.65 Å². The molecule has 1 fully saturated rings. The summed E-state index contributed by atoms with van der Waals surface area (Å²) >= 11 is 12.2. The molecule has 0 spiro atoms. The number of aromatic nitrogens is 2. The van der Waals surface area contributed by atoms with Crippen LogP contribution in [0.4, 0.5) is 0 Å². The summed E-state index contributed by atoms with van der Waals surface area (Å²) in [5, 5.41) is 1.19. The molecule has 0 radical (unpaired) electrons. The van der Waals surface area contributed by atoms with Gasteiger partial charge < -0.3 is 14.0 Å². The number of rotatable bonds is 4. The number of likely N-dealkylation sites (N-methyl/N-ethyl adjacent to an activating group) is 1. The van der Waals surface area contributed by atoms with E-state index in [4.69, 9.17) is 27.9 Å². The quantitative estimate of drug-likeness (QED) is 0.854. The van der Waals surface area contributed by atoms with Gasteiger partial charge in [-0.3, -0.25) is 4.90 Å². The molecule has 5 nitrogen and oxygen atoms in total. The Bertz CT molecular complexity index is 658. The van der Waals surface area contributed by atoms with Crippen LogP contribution in [-0.2, 0) is 11.3 Å². The molecule has 0 aliphatic carbocycles. The van der Waals surface area contributed by atoms with Gasteiger partial charge in [-0.05, 0) is 20.2 Å². The zero-order valence-electron chi connectivity index (χ0n) is 12.8. The van der Waals surface area contributed by atoms with Crippen LogP contribution in [0, 0.1) is 0 Å². The van der Waals surface area contributed by atoms with Crippen molar-refractivity contribution in [2.75, 3.05) is 40.3 Å². The molecule has 120 valence electrons. The number of pyridine rings is 1. The minimum atomic E-state index is 0.249. The van der Waals surface area contributed by atoms with E-state index in [2.05, 4.69) is 28.9 Å². The first-order chi connectivity index (χ1) is 10.5. The summed E-state index contributed by atoms with van der Waals surface area (Å²) in [5.41, 5.74) is 1.74. The molecule has 2 aromatic heterocycles. The van der Waals surface area contributed by atoms with Gasteiger partial charge in [0.05, 0.1) is 28.5 Å². The van der Waals surface area contributed by atoms with E-state index in [1.165, 1.54) is 0 Å². The highest BCUT2D eigenvalue weighted by Gasteiger charge is 2.21. The maximum Gasteiger partial charge on any atom is 0.156 e. The van der Waals surface area contributed by atoms with E-state index < -0.39 is 0 Å². The fourth-order valence-corrected chi connectivity index (χ4v) is 3.35. The van der Waals surface area contributed by atoms with Crippen molar-refractivity contribution in [1.29, 1.82) is 0 Å². The number of fused-ring (bicyclic) bond motifs is 1. The molecular formula is C15H20Cl2N4O. The predicted molar refractivity (Wildman–Crippen MR) is 88.8 cm³/mol. The number of hydrogen-bond acceptors (Lipinski definition) is 4. The maximum atomic E-state index is 6.19. The monoisotopic (exact) mass is 342 g/mol. The number of morpholine rings is 1. The number of imidazole rings is 1. The first kappa shape index (κ1) is 16.0. The Kier molecular flexibility index (Phi) is 4.90. The Labute approximate surface area is 140 Å². The van der Waals surface area contributed by atoms with Crippen LogP contribution >= 0.6 is 23.2 Å². The lowest BCUT2D eigenvalue weighted by Gasteiger charge is -2.33. The van der Waals surface area contributed by atoms with E-state index in [9.17, 15) is 0 Å². The van der Waals surface area contributed by atoms with Gasteiger partial charge in [-0.15, -0.1) is 0 Å². The highest BCUT2D eigenvalue weighted by atomic mass is 35.5. The van der Waals surface area contributed by atoms with Crippen LogP contribution < -0.4 is 0 Å². The lowest BCUT2D eigenvalue weighted by atomic mass is 10.2. The van der Waals surface area contributed by atoms with Crippen molar-refractivity contribution in [1.82, 2.24) is 19.2 Å². The largest absolute Gasteiger partial charge is 0.374 e. The molecule has 0 N–H and O–H groups in total. The average molecular weight is 343 g/mol. The first-order valence-corrected chi connectivity index (χ1v) is 8.08. The number of hydrogen-bond donors (Lipinski definition) is 0. The van der Waals surface area contributed by atoms with Crippen LogP contribution in [0.3, 0.4) is 0 Å². The van der Waals surface area contributed by atoms with Crippen molar-refractivity contribution in [3.8, 4) is 0 Å². The van der Waals surface area contributed by atoms with Gasteiger partial charge in [0.1, 0.15) is 0 Å². The topological polar surface area (TPSA) is 33.0 Å². The van der Waals surface area contributed by atoms with E-state index in [1.54, 1.807) is 6.07 Å². The summed E-state index contributed by atoms with van der Waals surface area (Å²) in [4.78, 5) is 9.14. The van der Waals surface area contributed by atoms with Gasteiger partial charge >= 0.3 is 0 Å². The van der Waals surface area contributed by atoms with Crippen LogP contribution in [0.2, 0.25) is 10.0 Å². The molecule has 0 amide bonds. The Hall–Kier alpha value is -0.850. The van der Waals surface area contributed by atoms with Crippen molar-refractivity contribution >= 4 is 28.8 Å². The fraction of sp³-hybridized carbons (Fsp3) is 0.533. The van der Waals surface area contributed by atoms with Crippen LogP contribution in [-0.4, -0.2) is 65.6 Å². The summed E-state index contributed by atoms with van der Waals surface area (Å²) in [6, 6.07) is 1.72. The summed E-state index contributed by atoms with van der Waals surface area (Å²) in [5.74, 6) is 0. The Balaban J connectivity index is 1.71. The average Bonchev–Trinajstić information content (AvgIpc) is 2.81. The van der Waals surface area contributed by atoms with Gasteiger partial charge in [0.2, 0.25) is 0 Å². The normalized spacial score (nSPS) is 20.1. The summed E-state index contributed by atoms with van der Waals surface area (Å²) in [6.45, 7) is 4.33. The molecule has 1 saturated heterocycles. The molecule has 7 heteroatoms. The molecule has 3 rings (SSSR count). The molecule has 1 aliphatic rings. The molecule has 0 aromatic carbocycles. The van der Waals surface area contributed by atoms with Gasteiger partial charge in [0, 0.05) is 38.6 Å². The number of nitrogens with zero attached hydrogens (tertiary/aromatic N) is 4. The third-order valence-electron chi connectivity index (χ3n) is 3.70. The lowest BCUT2D eigenvalue weighted by Crippen LogP contribution is -2.46. The Morgan fingerprint density at radius 3 is 2.95 bits per heavy atom. The fourth-order valence-electron chi connectivity index (χ4n) is 2.82. The number of ether oxygens (including phenoxy) is 1. The number of halogens is 2. The van der Waals surface area contributed by atoms with Crippen molar-refractivity contribution in [2.24, 2.45) is 0 Å². The minimum Gasteiger partial charge on any atom is -0.374 e. The SMILES string of the molecule is CN(C)CC1CN(Cc2cn3cc(Cl)cc(Cl)c3n2)CCO1. The third-order valence-corrected chi connectivity index (χ3v) is 4.18. The molecule has 1 aliphatic heterocycles. The van der Waals surface area contributed by atoms with Gasteiger partial charge in [-0.2, -0.15) is 0 Å². The molecule has 22 heavy (non-hydrogen) atoms. The van der Waals surface area contributed by atoms with E-state index in [0.717, 1.165) is 44.1 Å². The van der Waals surface area contributed by atoms with Crippen LogP contribution in [0.15, 0.2) is 18.5 Å². The molecule has 0 saturated carbocycles. The van der Waals surface area contributed by atoms with Crippen LogP contribution in [0.5, 0.6) is 0 Å². The van der Waals surface area contributed by atoms with Crippen molar-refractivity contribution in [3.05, 3.63) is 34.2 Å².